The molecule has 5 heteroatoms. The fraction of sp³-hybridized carbons (Fsp3) is 1.00. The van der Waals surface area contributed by atoms with E-state index < -0.39 is 9.84 Å². The number of nitrogens with zero attached hydrogens (tertiary/aromatic N) is 1. The normalized spacial score (nSPS) is 24.8. The van der Waals surface area contributed by atoms with Crippen LogP contribution in [0.25, 0.3) is 0 Å². The summed E-state index contributed by atoms with van der Waals surface area (Å²) in [6.45, 7) is 13.6. The summed E-state index contributed by atoms with van der Waals surface area (Å²) in [7, 11) is -2.91. The minimum absolute atomic E-state index is 0.138. The summed E-state index contributed by atoms with van der Waals surface area (Å²) in [5, 5.41) is 3.72. The van der Waals surface area contributed by atoms with Gasteiger partial charge in [0, 0.05) is 37.5 Å². The van der Waals surface area contributed by atoms with E-state index in [0.29, 0.717) is 12.6 Å². The lowest BCUT2D eigenvalue weighted by Crippen LogP contribution is -2.66. The topological polar surface area (TPSA) is 49.4 Å². The molecule has 0 bridgehead atoms. The summed E-state index contributed by atoms with van der Waals surface area (Å²) < 4.78 is 23.0. The van der Waals surface area contributed by atoms with Gasteiger partial charge in [-0.2, -0.15) is 0 Å². The van der Waals surface area contributed by atoms with E-state index in [1.54, 1.807) is 0 Å². The van der Waals surface area contributed by atoms with Crippen molar-refractivity contribution in [2.75, 3.05) is 31.6 Å². The fourth-order valence-electron chi connectivity index (χ4n) is 3.09. The molecule has 1 aliphatic heterocycles. The van der Waals surface area contributed by atoms with Gasteiger partial charge < -0.3 is 5.32 Å². The molecule has 1 atom stereocenters. The minimum atomic E-state index is -2.91. The van der Waals surface area contributed by atoms with Gasteiger partial charge in [-0.1, -0.05) is 34.6 Å². The molecule has 0 spiro atoms. The van der Waals surface area contributed by atoms with Crippen molar-refractivity contribution in [2.24, 2.45) is 5.41 Å². The van der Waals surface area contributed by atoms with E-state index in [2.05, 4.69) is 44.8 Å². The van der Waals surface area contributed by atoms with Crippen LogP contribution >= 0.6 is 0 Å². The molecule has 1 saturated heterocycles. The van der Waals surface area contributed by atoms with E-state index >= 15 is 0 Å². The predicted octanol–water partition coefficient (Wildman–Crippen LogP) is 1.91. The smallest absolute Gasteiger partial charge is 0.148 e. The molecule has 0 aliphatic carbocycles. The number of rotatable bonds is 5. The molecular weight excluding hydrogens is 272 g/mol. The van der Waals surface area contributed by atoms with Gasteiger partial charge in [0.2, 0.25) is 0 Å². The third-order valence-electron chi connectivity index (χ3n) is 4.72. The summed E-state index contributed by atoms with van der Waals surface area (Å²) >= 11 is 0. The molecule has 1 heterocycles. The first kappa shape index (κ1) is 17.9. The predicted molar refractivity (Wildman–Crippen MR) is 85.8 cm³/mol. The van der Waals surface area contributed by atoms with Crippen LogP contribution in [0.1, 0.15) is 47.5 Å². The minimum Gasteiger partial charge on any atom is -0.308 e. The molecule has 0 aromatic carbocycles. The van der Waals surface area contributed by atoms with Gasteiger partial charge in [0.1, 0.15) is 9.84 Å². The van der Waals surface area contributed by atoms with Crippen LogP contribution in [-0.2, 0) is 9.84 Å². The van der Waals surface area contributed by atoms with Crippen molar-refractivity contribution in [3.63, 3.8) is 0 Å². The standard InChI is InChI=1S/C15H32N2O2S/c1-7-15(8-2)12-17(9-10-20(6,18)19)13(11-16-15)14(3,4)5/h13,16H,7-12H2,1-6H3. The first-order valence-corrected chi connectivity index (χ1v) is 9.76. The van der Waals surface area contributed by atoms with Crippen molar-refractivity contribution >= 4 is 9.84 Å². The number of nitrogens with one attached hydrogen (secondary N) is 1. The van der Waals surface area contributed by atoms with Crippen molar-refractivity contribution in [1.29, 1.82) is 0 Å². The Balaban J connectivity index is 2.89. The Bertz CT molecular complexity index is 408. The molecular formula is C15H32N2O2S. The van der Waals surface area contributed by atoms with Crippen molar-refractivity contribution in [2.45, 2.75) is 59.0 Å². The maximum atomic E-state index is 11.5. The molecule has 0 aromatic rings. The number of piperazine rings is 1. The van der Waals surface area contributed by atoms with Crippen LogP contribution < -0.4 is 5.32 Å². The van der Waals surface area contributed by atoms with Gasteiger partial charge in [0.25, 0.3) is 0 Å². The molecule has 0 saturated carbocycles. The van der Waals surface area contributed by atoms with E-state index in [9.17, 15) is 8.42 Å². The summed E-state index contributed by atoms with van der Waals surface area (Å²) in [6.07, 6.45) is 3.49. The molecule has 1 rings (SSSR count). The zero-order valence-electron chi connectivity index (χ0n) is 14.0. The molecule has 1 N–H and O–H groups in total. The number of hydrogen-bond acceptors (Lipinski definition) is 4. The van der Waals surface area contributed by atoms with Gasteiger partial charge >= 0.3 is 0 Å². The highest BCUT2D eigenvalue weighted by Crippen LogP contribution is 2.31. The lowest BCUT2D eigenvalue weighted by molar-refractivity contribution is 0.0232. The third kappa shape index (κ3) is 4.71. The second-order valence-corrected chi connectivity index (χ2v) is 9.61. The Morgan fingerprint density at radius 1 is 1.25 bits per heavy atom. The maximum Gasteiger partial charge on any atom is 0.148 e. The van der Waals surface area contributed by atoms with Gasteiger partial charge in [-0.15, -0.1) is 0 Å². The molecule has 0 radical (unpaired) electrons. The first-order chi connectivity index (χ1) is 9.03. The Morgan fingerprint density at radius 2 is 1.80 bits per heavy atom. The Hall–Kier alpha value is -0.130. The van der Waals surface area contributed by atoms with Crippen molar-refractivity contribution < 1.29 is 8.42 Å². The number of hydrogen-bond donors (Lipinski definition) is 1. The average molecular weight is 305 g/mol. The van der Waals surface area contributed by atoms with Crippen molar-refractivity contribution in [3.8, 4) is 0 Å². The lowest BCUT2D eigenvalue weighted by Gasteiger charge is -2.51. The molecule has 0 aromatic heterocycles. The van der Waals surface area contributed by atoms with Gasteiger partial charge in [0.05, 0.1) is 5.75 Å². The largest absolute Gasteiger partial charge is 0.308 e. The summed E-state index contributed by atoms with van der Waals surface area (Å²) in [6, 6.07) is 0.385. The Morgan fingerprint density at radius 3 is 2.20 bits per heavy atom. The van der Waals surface area contributed by atoms with Crippen LogP contribution in [0.2, 0.25) is 0 Å². The van der Waals surface area contributed by atoms with Gasteiger partial charge in [0.15, 0.2) is 0 Å². The van der Waals surface area contributed by atoms with Gasteiger partial charge in [-0.3, -0.25) is 4.90 Å². The van der Waals surface area contributed by atoms with Gasteiger partial charge in [-0.05, 0) is 18.3 Å². The van der Waals surface area contributed by atoms with E-state index in [1.807, 2.05) is 0 Å². The molecule has 1 fully saturated rings. The monoisotopic (exact) mass is 304 g/mol. The average Bonchev–Trinajstić information content (AvgIpc) is 2.34. The molecule has 120 valence electrons. The van der Waals surface area contributed by atoms with Gasteiger partial charge in [-0.25, -0.2) is 8.42 Å². The lowest BCUT2D eigenvalue weighted by atomic mass is 9.80. The van der Waals surface area contributed by atoms with E-state index in [4.69, 9.17) is 0 Å². The summed E-state index contributed by atoms with van der Waals surface area (Å²) in [5.74, 6) is 0.253. The van der Waals surface area contributed by atoms with Crippen LogP contribution in [0.5, 0.6) is 0 Å². The molecule has 1 aliphatic rings. The fourth-order valence-corrected chi connectivity index (χ4v) is 3.66. The SMILES string of the molecule is CCC1(CC)CN(CCS(C)(=O)=O)C(C(C)(C)C)CN1. The second kappa shape index (κ2) is 6.32. The van der Waals surface area contributed by atoms with Crippen LogP contribution in [0.4, 0.5) is 0 Å². The highest BCUT2D eigenvalue weighted by Gasteiger charge is 2.41. The zero-order chi connectivity index (χ0) is 15.6. The maximum absolute atomic E-state index is 11.5. The summed E-state index contributed by atoms with van der Waals surface area (Å²) in [5.41, 5.74) is 0.289. The van der Waals surface area contributed by atoms with E-state index in [-0.39, 0.29) is 16.7 Å². The molecule has 1 unspecified atom stereocenters. The zero-order valence-corrected chi connectivity index (χ0v) is 14.8. The number of sulfone groups is 1. The molecule has 0 amide bonds. The van der Waals surface area contributed by atoms with E-state index in [1.165, 1.54) is 6.26 Å². The summed E-state index contributed by atoms with van der Waals surface area (Å²) in [4.78, 5) is 2.39. The van der Waals surface area contributed by atoms with Crippen LogP contribution in [-0.4, -0.2) is 56.5 Å². The Labute approximate surface area is 125 Å². The van der Waals surface area contributed by atoms with Crippen LogP contribution in [0.3, 0.4) is 0 Å². The van der Waals surface area contributed by atoms with Crippen molar-refractivity contribution in [3.05, 3.63) is 0 Å². The first-order valence-electron chi connectivity index (χ1n) is 7.70. The van der Waals surface area contributed by atoms with Crippen LogP contribution in [0.15, 0.2) is 0 Å². The highest BCUT2D eigenvalue weighted by atomic mass is 32.2. The van der Waals surface area contributed by atoms with Crippen LogP contribution in [0, 0.1) is 5.41 Å². The second-order valence-electron chi connectivity index (χ2n) is 7.35. The molecule has 4 nitrogen and oxygen atoms in total. The highest BCUT2D eigenvalue weighted by molar-refractivity contribution is 7.90. The third-order valence-corrected chi connectivity index (χ3v) is 5.64. The molecule has 20 heavy (non-hydrogen) atoms. The quantitative estimate of drug-likeness (QED) is 0.843. The van der Waals surface area contributed by atoms with E-state index in [0.717, 1.165) is 25.9 Å². The Kier molecular flexibility index (Phi) is 5.67. The van der Waals surface area contributed by atoms with Crippen molar-refractivity contribution in [1.82, 2.24) is 10.2 Å².